The Kier molecular flexibility index (Phi) is 17.1. The predicted octanol–water partition coefficient (Wildman–Crippen LogP) is 2.84. The van der Waals surface area contributed by atoms with E-state index in [1.807, 2.05) is 20.8 Å². The molecule has 0 bridgehead atoms. The maximum atomic E-state index is 11.2. The Morgan fingerprint density at radius 1 is 1.18 bits per heavy atom. The van der Waals surface area contributed by atoms with Crippen molar-refractivity contribution in [2.24, 2.45) is 0 Å². The van der Waals surface area contributed by atoms with Gasteiger partial charge in [-0.05, 0) is 20.0 Å². The molecule has 1 N–H and O–H groups in total. The summed E-state index contributed by atoms with van der Waals surface area (Å²) in [6, 6.07) is 0. The molecule has 4 nitrogen and oxygen atoms in total. The Bertz CT molecular complexity index is 280. The molecule has 0 rings (SSSR count). The van der Waals surface area contributed by atoms with Gasteiger partial charge in [0.05, 0.1) is 0 Å². The van der Waals surface area contributed by atoms with Gasteiger partial charge in [0.1, 0.15) is 5.57 Å². The Morgan fingerprint density at radius 2 is 1.53 bits per heavy atom. The Hall–Kier alpha value is -1.84. The van der Waals surface area contributed by atoms with Crippen molar-refractivity contribution >= 4 is 11.9 Å². The SMILES string of the molecule is C=CC.C=CN(C)C(=O)/C(=C\C)C(=O)O.CC. The molecule has 98 valence electrons. The van der Waals surface area contributed by atoms with Crippen molar-refractivity contribution in [1.82, 2.24) is 4.90 Å². The normalized spacial score (nSPS) is 8.65. The lowest BCUT2D eigenvalue weighted by molar-refractivity contribution is -0.136. The van der Waals surface area contributed by atoms with Gasteiger partial charge in [-0.1, -0.05) is 32.6 Å². The van der Waals surface area contributed by atoms with E-state index in [4.69, 9.17) is 5.11 Å². The summed E-state index contributed by atoms with van der Waals surface area (Å²) in [6.45, 7) is 14.1. The smallest absolute Gasteiger partial charge is 0.340 e. The zero-order chi connectivity index (χ0) is 14.4. The van der Waals surface area contributed by atoms with E-state index in [0.717, 1.165) is 4.90 Å². The lowest BCUT2D eigenvalue weighted by atomic mass is 10.2. The van der Waals surface area contributed by atoms with Crippen LogP contribution in [-0.2, 0) is 9.59 Å². The molecule has 0 fully saturated rings. The molecule has 0 atom stereocenters. The number of amides is 1. The number of aliphatic carboxylic acids is 1. The molecule has 0 saturated heterocycles. The molecule has 0 saturated carbocycles. The zero-order valence-electron chi connectivity index (χ0n) is 11.4. The lowest BCUT2D eigenvalue weighted by Gasteiger charge is -2.10. The molecule has 0 aromatic carbocycles. The van der Waals surface area contributed by atoms with Gasteiger partial charge in [0.15, 0.2) is 0 Å². The first kappa shape index (κ1) is 20.6. The lowest BCUT2D eigenvalue weighted by Crippen LogP contribution is -2.26. The molecule has 0 radical (unpaired) electrons. The Labute approximate surface area is 104 Å². The molecule has 0 heterocycles. The van der Waals surface area contributed by atoms with Crippen LogP contribution in [0.2, 0.25) is 0 Å². The van der Waals surface area contributed by atoms with Crippen molar-refractivity contribution in [2.75, 3.05) is 7.05 Å². The molecule has 0 aliphatic rings. The summed E-state index contributed by atoms with van der Waals surface area (Å²) in [7, 11) is 1.45. The summed E-state index contributed by atoms with van der Waals surface area (Å²) in [6.07, 6.45) is 4.26. The summed E-state index contributed by atoms with van der Waals surface area (Å²) >= 11 is 0. The summed E-state index contributed by atoms with van der Waals surface area (Å²) in [5.41, 5.74) is -0.252. The fourth-order valence-electron chi connectivity index (χ4n) is 0.611. The highest BCUT2D eigenvalue weighted by molar-refractivity contribution is 6.15. The summed E-state index contributed by atoms with van der Waals surface area (Å²) in [5.74, 6) is -1.80. The first-order chi connectivity index (χ1) is 7.95. The van der Waals surface area contributed by atoms with E-state index >= 15 is 0 Å². The number of nitrogens with zero attached hydrogens (tertiary/aromatic N) is 1. The van der Waals surface area contributed by atoms with Gasteiger partial charge in [-0.15, -0.1) is 6.58 Å². The van der Waals surface area contributed by atoms with Crippen LogP contribution in [-0.4, -0.2) is 28.9 Å². The third-order valence-electron chi connectivity index (χ3n) is 1.34. The molecule has 0 aliphatic heterocycles. The maximum absolute atomic E-state index is 11.2. The number of carboxylic acid groups (broad SMARTS) is 1. The van der Waals surface area contributed by atoms with Crippen molar-refractivity contribution in [3.05, 3.63) is 37.1 Å². The van der Waals surface area contributed by atoms with Gasteiger partial charge in [0.2, 0.25) is 0 Å². The minimum atomic E-state index is -1.23. The van der Waals surface area contributed by atoms with E-state index < -0.39 is 11.9 Å². The van der Waals surface area contributed by atoms with Gasteiger partial charge in [-0.2, -0.15) is 0 Å². The number of hydrogen-bond acceptors (Lipinski definition) is 2. The average Bonchev–Trinajstić information content (AvgIpc) is 2.32. The van der Waals surface area contributed by atoms with Gasteiger partial charge in [-0.25, -0.2) is 4.79 Å². The van der Waals surface area contributed by atoms with Crippen LogP contribution in [0.1, 0.15) is 27.7 Å². The van der Waals surface area contributed by atoms with Crippen LogP contribution >= 0.6 is 0 Å². The number of allylic oxidation sites excluding steroid dienone is 2. The Morgan fingerprint density at radius 3 is 1.71 bits per heavy atom. The van der Waals surface area contributed by atoms with E-state index in [-0.39, 0.29) is 5.57 Å². The molecular formula is C13H23NO3. The van der Waals surface area contributed by atoms with Crippen molar-refractivity contribution in [1.29, 1.82) is 0 Å². The van der Waals surface area contributed by atoms with Crippen LogP contribution in [0.3, 0.4) is 0 Å². The van der Waals surface area contributed by atoms with Crippen LogP contribution in [0, 0.1) is 0 Å². The largest absolute Gasteiger partial charge is 0.478 e. The fraction of sp³-hybridized carbons (Fsp3) is 0.385. The average molecular weight is 241 g/mol. The van der Waals surface area contributed by atoms with Crippen LogP contribution in [0.5, 0.6) is 0 Å². The number of carboxylic acids is 1. The molecule has 1 amide bonds. The highest BCUT2D eigenvalue weighted by atomic mass is 16.4. The number of carbonyl (C=O) groups excluding carboxylic acids is 1. The van der Waals surface area contributed by atoms with E-state index in [1.54, 1.807) is 6.08 Å². The first-order valence-electron chi connectivity index (χ1n) is 5.32. The summed E-state index contributed by atoms with van der Waals surface area (Å²) in [4.78, 5) is 22.7. The predicted molar refractivity (Wildman–Crippen MR) is 71.6 cm³/mol. The standard InChI is InChI=1S/C8H11NO3.C3H6.C2H6/c1-4-6(8(11)12)7(10)9(3)5-2;1-3-2;1-2/h4-5H,2H2,1,3H3,(H,11,12);3H,1H2,2H3;1-2H3/b6-4+;;. The van der Waals surface area contributed by atoms with Gasteiger partial charge in [0.25, 0.3) is 5.91 Å². The van der Waals surface area contributed by atoms with E-state index in [1.165, 1.54) is 26.2 Å². The topological polar surface area (TPSA) is 57.6 Å². The molecule has 17 heavy (non-hydrogen) atoms. The fourth-order valence-corrected chi connectivity index (χ4v) is 0.611. The molecular weight excluding hydrogens is 218 g/mol. The number of carbonyl (C=O) groups is 2. The number of hydrogen-bond donors (Lipinski definition) is 1. The first-order valence-corrected chi connectivity index (χ1v) is 5.32. The van der Waals surface area contributed by atoms with Crippen molar-refractivity contribution in [3.63, 3.8) is 0 Å². The highest BCUT2D eigenvalue weighted by Gasteiger charge is 2.17. The van der Waals surface area contributed by atoms with E-state index in [2.05, 4.69) is 13.2 Å². The highest BCUT2D eigenvalue weighted by Crippen LogP contribution is 2.00. The van der Waals surface area contributed by atoms with Crippen molar-refractivity contribution < 1.29 is 14.7 Å². The van der Waals surface area contributed by atoms with Crippen molar-refractivity contribution in [3.8, 4) is 0 Å². The summed E-state index contributed by atoms with van der Waals surface area (Å²) < 4.78 is 0. The van der Waals surface area contributed by atoms with Crippen LogP contribution in [0.15, 0.2) is 37.1 Å². The van der Waals surface area contributed by atoms with Gasteiger partial charge in [0, 0.05) is 7.05 Å². The quantitative estimate of drug-likeness (QED) is 0.358. The van der Waals surface area contributed by atoms with Crippen LogP contribution < -0.4 is 0 Å². The minimum Gasteiger partial charge on any atom is -0.478 e. The second-order valence-electron chi connectivity index (χ2n) is 2.51. The van der Waals surface area contributed by atoms with Gasteiger partial charge < -0.3 is 10.0 Å². The molecule has 0 spiro atoms. The minimum absolute atomic E-state index is 0.252. The number of rotatable bonds is 3. The third-order valence-corrected chi connectivity index (χ3v) is 1.34. The molecule has 0 aromatic rings. The molecule has 0 aromatic heterocycles. The van der Waals surface area contributed by atoms with Crippen molar-refractivity contribution in [2.45, 2.75) is 27.7 Å². The Balaban J connectivity index is -0.000000337. The van der Waals surface area contributed by atoms with Crippen LogP contribution in [0.25, 0.3) is 0 Å². The molecule has 0 unspecified atom stereocenters. The second-order valence-corrected chi connectivity index (χ2v) is 2.51. The molecule has 0 aliphatic carbocycles. The van der Waals surface area contributed by atoms with E-state index in [9.17, 15) is 9.59 Å². The number of likely N-dealkylation sites (N-methyl/N-ethyl adjacent to an activating group) is 1. The van der Waals surface area contributed by atoms with Gasteiger partial charge in [-0.3, -0.25) is 4.79 Å². The third kappa shape index (κ3) is 10.4. The van der Waals surface area contributed by atoms with Crippen LogP contribution in [0.4, 0.5) is 0 Å². The van der Waals surface area contributed by atoms with Gasteiger partial charge >= 0.3 is 5.97 Å². The van der Waals surface area contributed by atoms with E-state index in [0.29, 0.717) is 0 Å². The second kappa shape index (κ2) is 14.2. The molecule has 4 heteroatoms. The maximum Gasteiger partial charge on any atom is 0.340 e. The monoisotopic (exact) mass is 241 g/mol. The zero-order valence-corrected chi connectivity index (χ0v) is 11.4. The summed E-state index contributed by atoms with van der Waals surface area (Å²) in [5, 5.41) is 8.54.